The summed E-state index contributed by atoms with van der Waals surface area (Å²) < 4.78 is 17.6. The molecule has 0 N–H and O–H groups in total. The van der Waals surface area contributed by atoms with Crippen LogP contribution in [0.15, 0.2) is 24.5 Å². The highest BCUT2D eigenvalue weighted by molar-refractivity contribution is 5.86. The second kappa shape index (κ2) is 5.11. The largest absolute Gasteiger partial charge is 0.463 e. The van der Waals surface area contributed by atoms with Gasteiger partial charge in [-0.1, -0.05) is 0 Å². The van der Waals surface area contributed by atoms with E-state index in [0.717, 1.165) is 6.20 Å². The van der Waals surface area contributed by atoms with Gasteiger partial charge in [-0.25, -0.2) is 9.18 Å². The Hall–Kier alpha value is -1.71. The second-order valence-electron chi connectivity index (χ2n) is 2.48. The number of nitrogens with zero attached hydrogens (tertiary/aromatic N) is 1. The first-order valence-electron chi connectivity index (χ1n) is 4.18. The number of esters is 1. The maximum absolute atomic E-state index is 13.0. The maximum Gasteiger partial charge on any atom is 0.330 e. The van der Waals surface area contributed by atoms with E-state index in [9.17, 15) is 9.18 Å². The van der Waals surface area contributed by atoms with Gasteiger partial charge in [-0.15, -0.1) is 0 Å². The first kappa shape index (κ1) is 10.4. The Bertz CT molecular complexity index is 350. The zero-order valence-electron chi connectivity index (χ0n) is 7.74. The van der Waals surface area contributed by atoms with Crippen LogP contribution in [0.4, 0.5) is 4.39 Å². The molecular weight excluding hydrogens is 185 g/mol. The van der Waals surface area contributed by atoms with Crippen molar-refractivity contribution in [3.63, 3.8) is 0 Å². The first-order valence-corrected chi connectivity index (χ1v) is 4.18. The van der Waals surface area contributed by atoms with Crippen LogP contribution in [-0.4, -0.2) is 17.6 Å². The van der Waals surface area contributed by atoms with E-state index in [4.69, 9.17) is 0 Å². The highest BCUT2D eigenvalue weighted by Gasteiger charge is 1.98. The van der Waals surface area contributed by atoms with Crippen molar-refractivity contribution in [1.82, 2.24) is 4.98 Å². The molecule has 0 atom stereocenters. The fourth-order valence-electron chi connectivity index (χ4n) is 0.869. The second-order valence-corrected chi connectivity index (χ2v) is 2.48. The Morgan fingerprint density at radius 1 is 1.71 bits per heavy atom. The number of hydrogen-bond donors (Lipinski definition) is 0. The Balaban J connectivity index is 2.69. The lowest BCUT2D eigenvalue weighted by atomic mass is 10.2. The monoisotopic (exact) mass is 195 g/mol. The van der Waals surface area contributed by atoms with E-state index in [2.05, 4.69) is 9.72 Å². The minimum absolute atomic E-state index is 0.308. The van der Waals surface area contributed by atoms with Gasteiger partial charge in [-0.2, -0.15) is 0 Å². The summed E-state index contributed by atoms with van der Waals surface area (Å²) >= 11 is 0. The van der Waals surface area contributed by atoms with Crippen LogP contribution in [0.5, 0.6) is 0 Å². The van der Waals surface area contributed by atoms with Crippen molar-refractivity contribution in [3.8, 4) is 0 Å². The van der Waals surface area contributed by atoms with Gasteiger partial charge < -0.3 is 4.74 Å². The lowest BCUT2D eigenvalue weighted by Gasteiger charge is -1.96. The third-order valence-electron chi connectivity index (χ3n) is 1.49. The summed E-state index contributed by atoms with van der Waals surface area (Å²) in [5, 5.41) is 0. The molecule has 0 aliphatic rings. The van der Waals surface area contributed by atoms with Gasteiger partial charge in [0, 0.05) is 17.8 Å². The molecule has 74 valence electrons. The number of pyridine rings is 1. The van der Waals surface area contributed by atoms with E-state index in [1.807, 2.05) is 0 Å². The average Bonchev–Trinajstić information content (AvgIpc) is 2.17. The molecule has 0 saturated heterocycles. The summed E-state index contributed by atoms with van der Waals surface area (Å²) in [6.45, 7) is 2.01. The Morgan fingerprint density at radius 2 is 2.50 bits per heavy atom. The van der Waals surface area contributed by atoms with Crippen LogP contribution < -0.4 is 0 Å². The summed E-state index contributed by atoms with van der Waals surface area (Å²) in [6.07, 6.45) is 5.08. The van der Waals surface area contributed by atoms with Gasteiger partial charge in [-0.05, 0) is 19.1 Å². The molecule has 1 aromatic rings. The predicted octanol–water partition coefficient (Wildman–Crippen LogP) is 1.80. The summed E-state index contributed by atoms with van der Waals surface area (Å²) in [5.41, 5.74) is 0.313. The molecule has 14 heavy (non-hydrogen) atoms. The van der Waals surface area contributed by atoms with Crippen molar-refractivity contribution in [3.05, 3.63) is 35.9 Å². The number of aromatic nitrogens is 1. The van der Waals surface area contributed by atoms with E-state index in [1.54, 1.807) is 6.92 Å². The van der Waals surface area contributed by atoms with Crippen LogP contribution in [0.2, 0.25) is 0 Å². The molecular formula is C10H10FNO2. The molecule has 0 aromatic carbocycles. The molecule has 0 spiro atoms. The van der Waals surface area contributed by atoms with Gasteiger partial charge in [0.15, 0.2) is 0 Å². The molecule has 0 fully saturated rings. The fraction of sp³-hybridized carbons (Fsp3) is 0.200. The van der Waals surface area contributed by atoms with Crippen LogP contribution >= 0.6 is 0 Å². The molecule has 0 saturated carbocycles. The molecule has 1 heterocycles. The Labute approximate surface area is 81.2 Å². The minimum Gasteiger partial charge on any atom is -0.463 e. The highest BCUT2D eigenvalue weighted by Crippen LogP contribution is 2.06. The van der Waals surface area contributed by atoms with Crippen molar-refractivity contribution >= 4 is 12.0 Å². The van der Waals surface area contributed by atoms with Crippen LogP contribution in [0.3, 0.4) is 0 Å². The third-order valence-corrected chi connectivity index (χ3v) is 1.49. The van der Waals surface area contributed by atoms with Gasteiger partial charge in [-0.3, -0.25) is 4.98 Å². The Kier molecular flexibility index (Phi) is 3.79. The number of ether oxygens (including phenoxy) is 1. The van der Waals surface area contributed by atoms with E-state index in [-0.39, 0.29) is 0 Å². The molecule has 0 aliphatic heterocycles. The van der Waals surface area contributed by atoms with Crippen LogP contribution in [0.25, 0.3) is 6.08 Å². The van der Waals surface area contributed by atoms with Crippen molar-refractivity contribution in [2.24, 2.45) is 0 Å². The van der Waals surface area contributed by atoms with Gasteiger partial charge in [0.05, 0.1) is 12.8 Å². The van der Waals surface area contributed by atoms with Gasteiger partial charge >= 0.3 is 5.97 Å². The molecule has 1 rings (SSSR count). The van der Waals surface area contributed by atoms with Crippen LogP contribution in [0.1, 0.15) is 12.5 Å². The molecule has 0 radical (unpaired) electrons. The summed E-state index contributed by atoms with van der Waals surface area (Å²) in [5.74, 6) is -0.947. The smallest absolute Gasteiger partial charge is 0.330 e. The topological polar surface area (TPSA) is 39.2 Å². The summed E-state index contributed by atoms with van der Waals surface area (Å²) in [7, 11) is 0. The van der Waals surface area contributed by atoms with Crippen molar-refractivity contribution in [2.45, 2.75) is 6.92 Å². The lowest BCUT2D eigenvalue weighted by Crippen LogP contribution is -1.98. The van der Waals surface area contributed by atoms with Crippen LogP contribution in [-0.2, 0) is 9.53 Å². The van der Waals surface area contributed by atoms with Crippen LogP contribution in [0, 0.1) is 5.82 Å². The fourth-order valence-corrected chi connectivity index (χ4v) is 0.869. The van der Waals surface area contributed by atoms with E-state index >= 15 is 0 Å². The standard InChI is InChI=1S/C10H10FNO2/c1-2-14-10(13)4-3-8-5-6-12-7-9(8)11/h3-7H,2H2,1H3. The van der Waals surface area contributed by atoms with Gasteiger partial charge in [0.2, 0.25) is 0 Å². The van der Waals surface area contributed by atoms with Gasteiger partial charge in [0.1, 0.15) is 5.82 Å². The minimum atomic E-state index is -0.483. The maximum atomic E-state index is 13.0. The summed E-state index contributed by atoms with van der Waals surface area (Å²) in [4.78, 5) is 14.5. The SMILES string of the molecule is CCOC(=O)C=Cc1ccncc1F. The molecule has 1 aromatic heterocycles. The normalized spacial score (nSPS) is 10.4. The first-order chi connectivity index (χ1) is 6.74. The number of rotatable bonds is 3. The van der Waals surface area contributed by atoms with Crippen molar-refractivity contribution in [1.29, 1.82) is 0 Å². The molecule has 4 heteroatoms. The van der Waals surface area contributed by atoms with E-state index < -0.39 is 11.8 Å². The molecule has 0 bridgehead atoms. The average molecular weight is 195 g/mol. The molecule has 0 amide bonds. The molecule has 0 unspecified atom stereocenters. The van der Waals surface area contributed by atoms with E-state index in [1.165, 1.54) is 24.4 Å². The third kappa shape index (κ3) is 2.97. The van der Waals surface area contributed by atoms with Crippen molar-refractivity contribution < 1.29 is 13.9 Å². The Morgan fingerprint density at radius 3 is 3.14 bits per heavy atom. The number of carbonyl (C=O) groups is 1. The number of halogens is 1. The zero-order chi connectivity index (χ0) is 10.4. The summed E-state index contributed by atoms with van der Waals surface area (Å²) in [6, 6.07) is 1.48. The van der Waals surface area contributed by atoms with Crippen molar-refractivity contribution in [2.75, 3.05) is 6.61 Å². The lowest BCUT2D eigenvalue weighted by molar-refractivity contribution is -0.137. The molecule has 0 aliphatic carbocycles. The molecule has 3 nitrogen and oxygen atoms in total. The van der Waals surface area contributed by atoms with Gasteiger partial charge in [0.25, 0.3) is 0 Å². The number of hydrogen-bond acceptors (Lipinski definition) is 3. The number of carbonyl (C=O) groups excluding carboxylic acids is 1. The predicted molar refractivity (Wildman–Crippen MR) is 49.9 cm³/mol. The zero-order valence-corrected chi connectivity index (χ0v) is 7.74. The van der Waals surface area contributed by atoms with E-state index in [0.29, 0.717) is 12.2 Å². The highest BCUT2D eigenvalue weighted by atomic mass is 19.1. The quantitative estimate of drug-likeness (QED) is 0.545.